The van der Waals surface area contributed by atoms with E-state index in [0.29, 0.717) is 17.9 Å². The molecule has 0 atom stereocenters. The fourth-order valence-corrected chi connectivity index (χ4v) is 2.71. The Labute approximate surface area is 164 Å². The first-order valence-electron chi connectivity index (χ1n) is 8.39. The molecule has 29 heavy (non-hydrogen) atoms. The van der Waals surface area contributed by atoms with Gasteiger partial charge in [0.05, 0.1) is 7.11 Å². The monoisotopic (exact) mass is 400 g/mol. The van der Waals surface area contributed by atoms with E-state index in [4.69, 9.17) is 4.74 Å². The summed E-state index contributed by atoms with van der Waals surface area (Å²) in [6.07, 6.45) is 0. The number of carbonyl (C=O) groups is 2. The van der Waals surface area contributed by atoms with Gasteiger partial charge in [-0.15, -0.1) is 0 Å². The Morgan fingerprint density at radius 3 is 2.17 bits per heavy atom. The molecule has 3 aromatic carbocycles. The van der Waals surface area contributed by atoms with Crippen LogP contribution < -0.4 is 15.4 Å². The standard InChI is InChI=1S/C21H15F3N2O3/c1-29-18-11-14(7-8-15(18)12-5-3-2-4-6-12)25-21(28)26-20(27)19-16(23)9-13(22)10-17(19)24/h2-11H,1H3,(H2,25,26,27,28). The van der Waals surface area contributed by atoms with Crippen molar-refractivity contribution in [1.82, 2.24) is 5.32 Å². The first kappa shape index (κ1) is 19.9. The average Bonchev–Trinajstić information content (AvgIpc) is 2.67. The van der Waals surface area contributed by atoms with Crippen LogP contribution in [0.15, 0.2) is 60.7 Å². The van der Waals surface area contributed by atoms with Crippen molar-refractivity contribution in [3.63, 3.8) is 0 Å². The lowest BCUT2D eigenvalue weighted by Gasteiger charge is -2.12. The van der Waals surface area contributed by atoms with Crippen molar-refractivity contribution in [1.29, 1.82) is 0 Å². The molecule has 5 nitrogen and oxygen atoms in total. The molecule has 2 N–H and O–H groups in total. The molecule has 3 amide bonds. The predicted molar refractivity (Wildman–Crippen MR) is 101 cm³/mol. The molecule has 0 fully saturated rings. The number of benzene rings is 3. The van der Waals surface area contributed by atoms with Crippen LogP contribution in [0.25, 0.3) is 11.1 Å². The van der Waals surface area contributed by atoms with Crippen molar-refractivity contribution in [2.45, 2.75) is 0 Å². The maximum absolute atomic E-state index is 13.7. The van der Waals surface area contributed by atoms with Gasteiger partial charge in [-0.1, -0.05) is 30.3 Å². The van der Waals surface area contributed by atoms with Crippen molar-refractivity contribution < 1.29 is 27.5 Å². The molecule has 0 aliphatic heterocycles. The quantitative estimate of drug-likeness (QED) is 0.665. The van der Waals surface area contributed by atoms with Crippen molar-refractivity contribution in [3.8, 4) is 16.9 Å². The maximum Gasteiger partial charge on any atom is 0.326 e. The minimum atomic E-state index is -1.42. The molecule has 8 heteroatoms. The normalized spacial score (nSPS) is 10.3. The second-order valence-electron chi connectivity index (χ2n) is 5.93. The van der Waals surface area contributed by atoms with E-state index in [9.17, 15) is 22.8 Å². The van der Waals surface area contributed by atoms with Gasteiger partial charge in [-0.25, -0.2) is 18.0 Å². The van der Waals surface area contributed by atoms with Gasteiger partial charge in [0.25, 0.3) is 5.91 Å². The Kier molecular flexibility index (Phi) is 5.82. The molecule has 0 unspecified atom stereocenters. The third-order valence-electron chi connectivity index (χ3n) is 4.01. The topological polar surface area (TPSA) is 67.4 Å². The van der Waals surface area contributed by atoms with Crippen molar-refractivity contribution >= 4 is 17.6 Å². The van der Waals surface area contributed by atoms with Crippen LogP contribution in [0, 0.1) is 17.5 Å². The highest BCUT2D eigenvalue weighted by atomic mass is 19.1. The second-order valence-corrected chi connectivity index (χ2v) is 5.93. The van der Waals surface area contributed by atoms with Gasteiger partial charge in [0, 0.05) is 29.4 Å². The summed E-state index contributed by atoms with van der Waals surface area (Å²) in [5.41, 5.74) is 0.911. The maximum atomic E-state index is 13.7. The zero-order valence-electron chi connectivity index (χ0n) is 15.1. The van der Waals surface area contributed by atoms with Gasteiger partial charge < -0.3 is 10.1 Å². The molecule has 148 valence electrons. The van der Waals surface area contributed by atoms with Crippen LogP contribution in [0.3, 0.4) is 0 Å². The Morgan fingerprint density at radius 2 is 1.55 bits per heavy atom. The van der Waals surface area contributed by atoms with E-state index in [1.807, 2.05) is 30.3 Å². The van der Waals surface area contributed by atoms with Crippen LogP contribution in [0.1, 0.15) is 10.4 Å². The van der Waals surface area contributed by atoms with Crippen molar-refractivity contribution in [2.24, 2.45) is 0 Å². The molecule has 0 saturated carbocycles. The lowest BCUT2D eigenvalue weighted by molar-refractivity contribution is 0.0958. The lowest BCUT2D eigenvalue weighted by atomic mass is 10.0. The molecule has 3 aromatic rings. The van der Waals surface area contributed by atoms with Gasteiger partial charge in [-0.2, -0.15) is 0 Å². The first-order chi connectivity index (χ1) is 13.9. The van der Waals surface area contributed by atoms with Crippen LogP contribution in [0.4, 0.5) is 23.7 Å². The summed E-state index contributed by atoms with van der Waals surface area (Å²) < 4.78 is 45.6. The van der Waals surface area contributed by atoms with Crippen LogP contribution in [-0.4, -0.2) is 19.0 Å². The largest absolute Gasteiger partial charge is 0.496 e. The smallest absolute Gasteiger partial charge is 0.326 e. The molecule has 0 aliphatic carbocycles. The Hall–Kier alpha value is -3.81. The Balaban J connectivity index is 1.75. The summed E-state index contributed by atoms with van der Waals surface area (Å²) in [6.45, 7) is 0. The number of urea groups is 1. The fraction of sp³-hybridized carbons (Fsp3) is 0.0476. The zero-order valence-corrected chi connectivity index (χ0v) is 15.1. The number of imide groups is 1. The summed E-state index contributed by atoms with van der Waals surface area (Å²) in [5.74, 6) is -4.88. The van der Waals surface area contributed by atoms with E-state index in [2.05, 4.69) is 5.32 Å². The molecular weight excluding hydrogens is 385 g/mol. The summed E-state index contributed by atoms with van der Waals surface area (Å²) in [7, 11) is 1.47. The van der Waals surface area contributed by atoms with Crippen LogP contribution in [0.5, 0.6) is 5.75 Å². The van der Waals surface area contributed by atoms with Gasteiger partial charge in [0.15, 0.2) is 0 Å². The summed E-state index contributed by atoms with van der Waals surface area (Å²) >= 11 is 0. The van der Waals surface area contributed by atoms with Crippen LogP contribution in [-0.2, 0) is 0 Å². The Bertz CT molecular complexity index is 1050. The highest BCUT2D eigenvalue weighted by Crippen LogP contribution is 2.32. The van der Waals surface area contributed by atoms with Gasteiger partial charge >= 0.3 is 6.03 Å². The second kappa shape index (κ2) is 8.47. The third-order valence-corrected chi connectivity index (χ3v) is 4.01. The SMILES string of the molecule is COc1cc(NC(=O)NC(=O)c2c(F)cc(F)cc2F)ccc1-c1ccccc1. The predicted octanol–water partition coefficient (Wildman–Crippen LogP) is 4.74. The molecule has 0 aliphatic rings. The number of rotatable bonds is 4. The van der Waals surface area contributed by atoms with Crippen LogP contribution >= 0.6 is 0 Å². The van der Waals surface area contributed by atoms with Crippen LogP contribution in [0.2, 0.25) is 0 Å². The molecule has 3 rings (SSSR count). The summed E-state index contributed by atoms with van der Waals surface area (Å²) in [5, 5.41) is 4.17. The van der Waals surface area contributed by atoms with E-state index in [0.717, 1.165) is 11.1 Å². The molecule has 0 spiro atoms. The summed E-state index contributed by atoms with van der Waals surface area (Å²) in [6, 6.07) is 13.9. The van der Waals surface area contributed by atoms with E-state index in [-0.39, 0.29) is 5.69 Å². The number of ether oxygens (including phenoxy) is 1. The van der Waals surface area contributed by atoms with E-state index >= 15 is 0 Å². The number of hydrogen-bond donors (Lipinski definition) is 2. The number of halogens is 3. The molecule has 0 heterocycles. The lowest BCUT2D eigenvalue weighted by Crippen LogP contribution is -2.35. The van der Waals surface area contributed by atoms with Gasteiger partial charge in [0.2, 0.25) is 0 Å². The Morgan fingerprint density at radius 1 is 0.897 bits per heavy atom. The van der Waals surface area contributed by atoms with E-state index < -0.39 is 35.0 Å². The number of carbonyl (C=O) groups excluding carboxylic acids is 2. The number of anilines is 1. The van der Waals surface area contributed by atoms with Gasteiger partial charge in [-0.3, -0.25) is 10.1 Å². The van der Waals surface area contributed by atoms with Crippen molar-refractivity contribution in [2.75, 3.05) is 12.4 Å². The van der Waals surface area contributed by atoms with Gasteiger partial charge in [-0.05, 0) is 17.7 Å². The van der Waals surface area contributed by atoms with E-state index in [1.165, 1.54) is 13.2 Å². The molecule has 0 aromatic heterocycles. The first-order valence-corrected chi connectivity index (χ1v) is 8.39. The molecule has 0 bridgehead atoms. The van der Waals surface area contributed by atoms with Gasteiger partial charge in [0.1, 0.15) is 28.8 Å². The zero-order chi connectivity index (χ0) is 21.0. The van der Waals surface area contributed by atoms with Crippen molar-refractivity contribution in [3.05, 3.63) is 83.7 Å². The number of methoxy groups -OCH3 is 1. The number of nitrogens with one attached hydrogen (secondary N) is 2. The molecule has 0 radical (unpaired) electrons. The molecule has 0 saturated heterocycles. The summed E-state index contributed by atoms with van der Waals surface area (Å²) in [4.78, 5) is 24.0. The minimum absolute atomic E-state index is 0.284. The highest BCUT2D eigenvalue weighted by molar-refractivity contribution is 6.08. The average molecular weight is 400 g/mol. The number of amides is 3. The minimum Gasteiger partial charge on any atom is -0.496 e. The highest BCUT2D eigenvalue weighted by Gasteiger charge is 2.21. The fourth-order valence-electron chi connectivity index (χ4n) is 2.71. The molecular formula is C21H15F3N2O3. The number of hydrogen-bond acceptors (Lipinski definition) is 3. The third kappa shape index (κ3) is 4.55. The van der Waals surface area contributed by atoms with E-state index in [1.54, 1.807) is 17.4 Å².